The number of phenols is 1. The molecule has 0 aliphatic carbocycles. The Balaban J connectivity index is 2.52. The van der Waals surface area contributed by atoms with Crippen molar-refractivity contribution < 1.29 is 23.4 Å². The van der Waals surface area contributed by atoms with Crippen LogP contribution < -0.4 is 0 Å². The zero-order valence-corrected chi connectivity index (χ0v) is 9.59. The summed E-state index contributed by atoms with van der Waals surface area (Å²) in [5, 5.41) is 19.3. The van der Waals surface area contributed by atoms with Gasteiger partial charge in [0, 0.05) is 11.8 Å². The molecule has 6 heteroatoms. The van der Waals surface area contributed by atoms with E-state index in [4.69, 9.17) is 0 Å². The van der Waals surface area contributed by atoms with E-state index in [9.17, 15) is 23.4 Å². The minimum atomic E-state index is -4.61. The number of aliphatic hydroxyl groups is 1. The van der Waals surface area contributed by atoms with Gasteiger partial charge in [0.15, 0.2) is 0 Å². The molecule has 1 aromatic carbocycles. The number of hydrogen-bond acceptors (Lipinski definition) is 3. The third-order valence-corrected chi connectivity index (χ3v) is 2.60. The molecule has 1 aromatic heterocycles. The Bertz CT molecular complexity index is 570. The summed E-state index contributed by atoms with van der Waals surface area (Å²) in [5.41, 5.74) is -1.34. The van der Waals surface area contributed by atoms with Crippen molar-refractivity contribution in [3.8, 4) is 5.75 Å². The minimum Gasteiger partial charge on any atom is -0.508 e. The molecule has 19 heavy (non-hydrogen) atoms. The van der Waals surface area contributed by atoms with Crippen molar-refractivity contribution in [2.75, 3.05) is 0 Å². The maximum atomic E-state index is 12.8. The normalized spacial score (nSPS) is 13.3. The molecule has 0 radical (unpaired) electrons. The topological polar surface area (TPSA) is 53.4 Å². The van der Waals surface area contributed by atoms with Gasteiger partial charge < -0.3 is 10.2 Å². The van der Waals surface area contributed by atoms with E-state index >= 15 is 0 Å². The van der Waals surface area contributed by atoms with Gasteiger partial charge in [-0.3, -0.25) is 4.98 Å². The first-order valence-electron chi connectivity index (χ1n) is 5.38. The van der Waals surface area contributed by atoms with Crippen LogP contribution in [0.5, 0.6) is 5.75 Å². The summed E-state index contributed by atoms with van der Waals surface area (Å²) in [6.07, 6.45) is -4.79. The van der Waals surface area contributed by atoms with Crippen LogP contribution in [0.2, 0.25) is 0 Å². The largest absolute Gasteiger partial charge is 0.508 e. The highest BCUT2D eigenvalue weighted by molar-refractivity contribution is 5.40. The van der Waals surface area contributed by atoms with Crippen molar-refractivity contribution in [3.63, 3.8) is 0 Å². The molecule has 0 aliphatic heterocycles. The number of pyridine rings is 1. The summed E-state index contributed by atoms with van der Waals surface area (Å²) in [6, 6.07) is 7.11. The fraction of sp³-hybridized carbons (Fsp3) is 0.154. The second-order valence-corrected chi connectivity index (χ2v) is 3.93. The maximum Gasteiger partial charge on any atom is 0.416 e. The Morgan fingerprint density at radius 3 is 2.42 bits per heavy atom. The summed E-state index contributed by atoms with van der Waals surface area (Å²) in [7, 11) is 0. The Morgan fingerprint density at radius 2 is 1.84 bits per heavy atom. The van der Waals surface area contributed by atoms with Crippen LogP contribution in [0.1, 0.15) is 22.9 Å². The second kappa shape index (κ2) is 4.89. The van der Waals surface area contributed by atoms with Crippen LogP contribution in [0.25, 0.3) is 0 Å². The average Bonchev–Trinajstić information content (AvgIpc) is 2.37. The molecule has 2 N–H and O–H groups in total. The van der Waals surface area contributed by atoms with Crippen molar-refractivity contribution in [2.24, 2.45) is 0 Å². The Kier molecular flexibility index (Phi) is 3.44. The first-order valence-corrected chi connectivity index (χ1v) is 5.38. The van der Waals surface area contributed by atoms with Crippen LogP contribution >= 0.6 is 0 Å². The number of hydrogen-bond donors (Lipinski definition) is 2. The van der Waals surface area contributed by atoms with Crippen molar-refractivity contribution in [2.45, 2.75) is 12.3 Å². The molecule has 1 heterocycles. The Morgan fingerprint density at radius 1 is 1.11 bits per heavy atom. The molecule has 0 fully saturated rings. The number of phenolic OH excluding ortho intramolecular Hbond substituents is 1. The first kappa shape index (κ1) is 13.4. The summed E-state index contributed by atoms with van der Waals surface area (Å²) in [6.45, 7) is 0. The second-order valence-electron chi connectivity index (χ2n) is 3.93. The average molecular weight is 269 g/mol. The zero-order chi connectivity index (χ0) is 14.0. The van der Waals surface area contributed by atoms with Gasteiger partial charge in [0.25, 0.3) is 0 Å². The van der Waals surface area contributed by atoms with Gasteiger partial charge in [-0.2, -0.15) is 13.2 Å². The zero-order valence-electron chi connectivity index (χ0n) is 9.59. The molecule has 100 valence electrons. The van der Waals surface area contributed by atoms with Gasteiger partial charge in [0.2, 0.25) is 0 Å². The number of nitrogens with zero attached hydrogens (tertiary/aromatic N) is 1. The summed E-state index contributed by atoms with van der Waals surface area (Å²) < 4.78 is 38.5. The van der Waals surface area contributed by atoms with E-state index in [0.29, 0.717) is 0 Å². The van der Waals surface area contributed by atoms with Crippen LogP contribution in [0.3, 0.4) is 0 Å². The quantitative estimate of drug-likeness (QED) is 0.881. The molecule has 2 aromatic rings. The molecule has 0 amide bonds. The lowest BCUT2D eigenvalue weighted by Crippen LogP contribution is -2.13. The van der Waals surface area contributed by atoms with Gasteiger partial charge in [0.05, 0.1) is 11.3 Å². The Labute approximate surface area is 107 Å². The number of rotatable bonds is 2. The van der Waals surface area contributed by atoms with Gasteiger partial charge in [-0.1, -0.05) is 6.07 Å². The van der Waals surface area contributed by atoms with E-state index in [1.165, 1.54) is 12.3 Å². The smallest absolute Gasteiger partial charge is 0.416 e. The highest BCUT2D eigenvalue weighted by atomic mass is 19.4. The first-order chi connectivity index (χ1) is 8.89. The van der Waals surface area contributed by atoms with Crippen LogP contribution in [0.15, 0.2) is 42.6 Å². The van der Waals surface area contributed by atoms with E-state index in [0.717, 1.165) is 18.2 Å². The van der Waals surface area contributed by atoms with E-state index < -0.39 is 23.4 Å². The van der Waals surface area contributed by atoms with Crippen LogP contribution in [0, 0.1) is 0 Å². The van der Waals surface area contributed by atoms with Crippen molar-refractivity contribution in [1.82, 2.24) is 4.98 Å². The lowest BCUT2D eigenvalue weighted by atomic mass is 9.99. The predicted molar refractivity (Wildman–Crippen MR) is 61.4 cm³/mol. The maximum absolute atomic E-state index is 12.8. The third-order valence-electron chi connectivity index (χ3n) is 2.60. The lowest BCUT2D eigenvalue weighted by Gasteiger charge is -2.17. The standard InChI is InChI=1S/C13H10F3NO2/c14-13(15,16)10-5-4-8(18)7-9(10)12(19)11-3-1-2-6-17-11/h1-7,12,18-19H. The molecule has 0 saturated carbocycles. The summed E-state index contributed by atoms with van der Waals surface area (Å²) in [5.74, 6) is -0.349. The number of aromatic nitrogens is 1. The highest BCUT2D eigenvalue weighted by Crippen LogP contribution is 2.37. The number of alkyl halides is 3. The third kappa shape index (κ3) is 2.85. The fourth-order valence-electron chi connectivity index (χ4n) is 1.73. The molecule has 2 rings (SSSR count). The SMILES string of the molecule is Oc1ccc(C(F)(F)F)c(C(O)c2ccccn2)c1. The Hall–Kier alpha value is -2.08. The number of benzene rings is 1. The molecule has 0 spiro atoms. The molecular formula is C13H10F3NO2. The molecule has 1 unspecified atom stereocenters. The molecular weight excluding hydrogens is 259 g/mol. The predicted octanol–water partition coefficient (Wildman–Crippen LogP) is 2.89. The molecule has 1 atom stereocenters. The minimum absolute atomic E-state index is 0.0820. The van der Waals surface area contributed by atoms with E-state index in [2.05, 4.69) is 4.98 Å². The van der Waals surface area contributed by atoms with Gasteiger partial charge in [-0.05, 0) is 30.3 Å². The monoisotopic (exact) mass is 269 g/mol. The summed E-state index contributed by atoms with van der Waals surface area (Å²) >= 11 is 0. The van der Waals surface area contributed by atoms with Crippen LogP contribution in [-0.2, 0) is 6.18 Å². The number of halogens is 3. The van der Waals surface area contributed by atoms with Gasteiger partial charge in [-0.25, -0.2) is 0 Å². The van der Waals surface area contributed by atoms with E-state index in [1.54, 1.807) is 12.1 Å². The van der Waals surface area contributed by atoms with Crippen molar-refractivity contribution in [1.29, 1.82) is 0 Å². The molecule has 0 bridgehead atoms. The molecule has 3 nitrogen and oxygen atoms in total. The molecule has 0 aliphatic rings. The summed E-state index contributed by atoms with van der Waals surface area (Å²) in [4.78, 5) is 3.81. The van der Waals surface area contributed by atoms with Crippen molar-refractivity contribution >= 4 is 0 Å². The fourth-order valence-corrected chi connectivity index (χ4v) is 1.73. The van der Waals surface area contributed by atoms with E-state index in [-0.39, 0.29) is 11.4 Å². The van der Waals surface area contributed by atoms with Gasteiger partial charge >= 0.3 is 6.18 Å². The number of aromatic hydroxyl groups is 1. The van der Waals surface area contributed by atoms with Crippen LogP contribution in [-0.4, -0.2) is 15.2 Å². The van der Waals surface area contributed by atoms with Crippen molar-refractivity contribution in [3.05, 3.63) is 59.4 Å². The van der Waals surface area contributed by atoms with Crippen LogP contribution in [0.4, 0.5) is 13.2 Å². The van der Waals surface area contributed by atoms with Gasteiger partial charge in [-0.15, -0.1) is 0 Å². The highest BCUT2D eigenvalue weighted by Gasteiger charge is 2.35. The van der Waals surface area contributed by atoms with E-state index in [1.807, 2.05) is 0 Å². The lowest BCUT2D eigenvalue weighted by molar-refractivity contribution is -0.139. The number of aliphatic hydroxyl groups excluding tert-OH is 1. The van der Waals surface area contributed by atoms with Gasteiger partial charge in [0.1, 0.15) is 11.9 Å². The molecule has 0 saturated heterocycles.